The Hall–Kier alpha value is -3.06. The number of hydrogen-bond acceptors (Lipinski definition) is 5. The van der Waals surface area contributed by atoms with Crippen molar-refractivity contribution in [1.29, 1.82) is 0 Å². The Morgan fingerprint density at radius 3 is 2.45 bits per heavy atom. The minimum absolute atomic E-state index is 0.0868. The molecule has 2 aromatic rings. The van der Waals surface area contributed by atoms with Crippen molar-refractivity contribution < 1.29 is 23.8 Å². The Kier molecular flexibility index (Phi) is 8.98. The van der Waals surface area contributed by atoms with Gasteiger partial charge in [-0.1, -0.05) is 36.4 Å². The second kappa shape index (κ2) is 11.7. The summed E-state index contributed by atoms with van der Waals surface area (Å²) in [5, 5.41) is 5.51. The number of hydrogen-bond donors (Lipinski definition) is 2. The van der Waals surface area contributed by atoms with Gasteiger partial charge in [-0.3, -0.25) is 9.59 Å². The largest absolute Gasteiger partial charge is 0.493 e. The lowest BCUT2D eigenvalue weighted by Crippen LogP contribution is -2.34. The first-order valence-electron chi connectivity index (χ1n) is 9.53. The number of carbonyl (C=O) groups excluding carboxylic acids is 2. The van der Waals surface area contributed by atoms with E-state index in [1.54, 1.807) is 19.1 Å². The Labute approximate surface area is 171 Å². The van der Waals surface area contributed by atoms with Gasteiger partial charge in [0, 0.05) is 13.1 Å². The van der Waals surface area contributed by atoms with Crippen LogP contribution in [0.3, 0.4) is 0 Å². The molecule has 0 radical (unpaired) electrons. The summed E-state index contributed by atoms with van der Waals surface area (Å²) in [6.07, 6.45) is -0.572. The predicted octanol–water partition coefficient (Wildman–Crippen LogP) is 2.43. The van der Waals surface area contributed by atoms with Crippen LogP contribution in [-0.4, -0.2) is 38.2 Å². The number of amides is 2. The first-order chi connectivity index (χ1) is 14.0. The molecule has 0 aromatic heterocycles. The number of nitrogens with one attached hydrogen (secondary N) is 2. The Morgan fingerprint density at radius 2 is 1.76 bits per heavy atom. The van der Waals surface area contributed by atoms with Gasteiger partial charge in [0.05, 0.1) is 13.7 Å². The number of rotatable bonds is 11. The first kappa shape index (κ1) is 22.2. The summed E-state index contributed by atoms with van der Waals surface area (Å²) in [4.78, 5) is 23.8. The van der Waals surface area contributed by atoms with Crippen molar-refractivity contribution in [2.45, 2.75) is 33.1 Å². The first-order valence-corrected chi connectivity index (χ1v) is 9.53. The van der Waals surface area contributed by atoms with Gasteiger partial charge in [-0.05, 0) is 37.1 Å². The van der Waals surface area contributed by atoms with E-state index < -0.39 is 6.10 Å². The maximum absolute atomic E-state index is 12.3. The summed E-state index contributed by atoms with van der Waals surface area (Å²) < 4.78 is 16.4. The number of carbonyl (C=O) groups is 2. The molecule has 0 aliphatic heterocycles. The average molecular weight is 400 g/mol. The molecule has 1 unspecified atom stereocenters. The molecule has 156 valence electrons. The van der Waals surface area contributed by atoms with Crippen LogP contribution < -0.4 is 20.1 Å². The molecule has 0 aliphatic carbocycles. The van der Waals surface area contributed by atoms with E-state index >= 15 is 0 Å². The van der Waals surface area contributed by atoms with Crippen LogP contribution in [0.5, 0.6) is 11.5 Å². The summed E-state index contributed by atoms with van der Waals surface area (Å²) in [6, 6.07) is 15.0. The molecule has 0 saturated heterocycles. The van der Waals surface area contributed by atoms with Crippen molar-refractivity contribution in [2.75, 3.05) is 20.3 Å². The molecule has 0 aliphatic rings. The van der Waals surface area contributed by atoms with Crippen molar-refractivity contribution in [1.82, 2.24) is 10.6 Å². The van der Waals surface area contributed by atoms with Gasteiger partial charge in [-0.25, -0.2) is 0 Å². The fourth-order valence-corrected chi connectivity index (χ4v) is 2.54. The highest BCUT2D eigenvalue weighted by atomic mass is 16.5. The van der Waals surface area contributed by atoms with Gasteiger partial charge in [0.25, 0.3) is 5.91 Å². The topological polar surface area (TPSA) is 85.9 Å². The normalized spacial score (nSPS) is 11.4. The standard InChI is InChI=1S/C22H28N2O5/c1-4-23-21(25)15-29-19-11-10-18(12-20(19)27-3)13-24-22(26)16(2)28-14-17-8-6-5-7-9-17/h5-12,16H,4,13-15H2,1-3H3,(H,23,25)(H,24,26). The molecule has 2 rings (SSSR count). The molecule has 0 fully saturated rings. The third kappa shape index (κ3) is 7.46. The van der Waals surface area contributed by atoms with E-state index in [4.69, 9.17) is 14.2 Å². The zero-order chi connectivity index (χ0) is 21.1. The van der Waals surface area contributed by atoms with Crippen LogP contribution in [0, 0.1) is 0 Å². The summed E-state index contributed by atoms with van der Waals surface area (Å²) in [6.45, 7) is 4.72. The van der Waals surface area contributed by atoms with Crippen molar-refractivity contribution in [3.8, 4) is 11.5 Å². The zero-order valence-electron chi connectivity index (χ0n) is 17.1. The number of benzene rings is 2. The van der Waals surface area contributed by atoms with Gasteiger partial charge < -0.3 is 24.8 Å². The van der Waals surface area contributed by atoms with E-state index in [0.29, 0.717) is 31.2 Å². The molecule has 2 aromatic carbocycles. The second-order valence-corrected chi connectivity index (χ2v) is 6.38. The zero-order valence-corrected chi connectivity index (χ0v) is 17.1. The maximum atomic E-state index is 12.3. The van der Waals surface area contributed by atoms with Gasteiger partial charge in [-0.15, -0.1) is 0 Å². The Balaban J connectivity index is 1.84. The van der Waals surface area contributed by atoms with Crippen LogP contribution in [0.1, 0.15) is 25.0 Å². The molecule has 0 spiro atoms. The highest BCUT2D eigenvalue weighted by Gasteiger charge is 2.14. The van der Waals surface area contributed by atoms with Crippen molar-refractivity contribution >= 4 is 11.8 Å². The van der Waals surface area contributed by atoms with E-state index in [9.17, 15) is 9.59 Å². The molecular weight excluding hydrogens is 372 g/mol. The summed E-state index contributed by atoms with van der Waals surface area (Å²) in [5.74, 6) is 0.565. The Bertz CT molecular complexity index is 795. The lowest BCUT2D eigenvalue weighted by atomic mass is 10.2. The van der Waals surface area contributed by atoms with Gasteiger partial charge in [-0.2, -0.15) is 0 Å². The highest BCUT2D eigenvalue weighted by molar-refractivity contribution is 5.80. The van der Waals surface area contributed by atoms with E-state index in [1.165, 1.54) is 7.11 Å². The number of likely N-dealkylation sites (N-methyl/N-ethyl adjacent to an activating group) is 1. The predicted molar refractivity (Wildman–Crippen MR) is 110 cm³/mol. The molecule has 0 saturated carbocycles. The van der Waals surface area contributed by atoms with Crippen LogP contribution in [0.25, 0.3) is 0 Å². The smallest absolute Gasteiger partial charge is 0.257 e. The summed E-state index contributed by atoms with van der Waals surface area (Å²) >= 11 is 0. The van der Waals surface area contributed by atoms with Crippen molar-refractivity contribution in [2.24, 2.45) is 0 Å². The molecule has 1 atom stereocenters. The third-order valence-electron chi connectivity index (χ3n) is 4.14. The van der Waals surface area contributed by atoms with E-state index in [1.807, 2.05) is 43.3 Å². The molecule has 2 N–H and O–H groups in total. The SMILES string of the molecule is CCNC(=O)COc1ccc(CNC(=O)C(C)OCc2ccccc2)cc1OC. The molecular formula is C22H28N2O5. The summed E-state index contributed by atoms with van der Waals surface area (Å²) in [5.41, 5.74) is 1.86. The summed E-state index contributed by atoms with van der Waals surface area (Å²) in [7, 11) is 1.52. The molecule has 0 bridgehead atoms. The van der Waals surface area contributed by atoms with Crippen LogP contribution >= 0.6 is 0 Å². The van der Waals surface area contributed by atoms with E-state index in [0.717, 1.165) is 11.1 Å². The fraction of sp³-hybridized carbons (Fsp3) is 0.364. The quantitative estimate of drug-likeness (QED) is 0.605. The van der Waals surface area contributed by atoms with Crippen LogP contribution in [0.2, 0.25) is 0 Å². The van der Waals surface area contributed by atoms with Crippen molar-refractivity contribution in [3.05, 3.63) is 59.7 Å². The molecule has 29 heavy (non-hydrogen) atoms. The highest BCUT2D eigenvalue weighted by Crippen LogP contribution is 2.28. The maximum Gasteiger partial charge on any atom is 0.257 e. The number of methoxy groups -OCH3 is 1. The van der Waals surface area contributed by atoms with Crippen LogP contribution in [0.15, 0.2) is 48.5 Å². The molecule has 2 amide bonds. The molecule has 7 heteroatoms. The van der Waals surface area contributed by atoms with Gasteiger partial charge in [0.2, 0.25) is 5.91 Å². The molecule has 0 heterocycles. The van der Waals surface area contributed by atoms with E-state index in [2.05, 4.69) is 10.6 Å². The van der Waals surface area contributed by atoms with Crippen LogP contribution in [0.4, 0.5) is 0 Å². The van der Waals surface area contributed by atoms with E-state index in [-0.39, 0.29) is 18.4 Å². The minimum atomic E-state index is -0.572. The lowest BCUT2D eigenvalue weighted by Gasteiger charge is -2.15. The average Bonchev–Trinajstić information content (AvgIpc) is 2.75. The van der Waals surface area contributed by atoms with Gasteiger partial charge >= 0.3 is 0 Å². The number of ether oxygens (including phenoxy) is 3. The second-order valence-electron chi connectivity index (χ2n) is 6.38. The van der Waals surface area contributed by atoms with Gasteiger partial charge in [0.1, 0.15) is 6.10 Å². The van der Waals surface area contributed by atoms with Crippen molar-refractivity contribution in [3.63, 3.8) is 0 Å². The molecule has 7 nitrogen and oxygen atoms in total. The Morgan fingerprint density at radius 1 is 1.00 bits per heavy atom. The van der Waals surface area contributed by atoms with Gasteiger partial charge in [0.15, 0.2) is 18.1 Å². The minimum Gasteiger partial charge on any atom is -0.493 e. The lowest BCUT2D eigenvalue weighted by molar-refractivity contribution is -0.132. The fourth-order valence-electron chi connectivity index (χ4n) is 2.54. The third-order valence-corrected chi connectivity index (χ3v) is 4.14. The van der Waals surface area contributed by atoms with Crippen LogP contribution in [-0.2, 0) is 27.5 Å². The monoisotopic (exact) mass is 400 g/mol.